The van der Waals surface area contributed by atoms with E-state index in [1.54, 1.807) is 12.3 Å². The summed E-state index contributed by atoms with van der Waals surface area (Å²) in [4.78, 5) is 12.3. The second-order valence-corrected chi connectivity index (χ2v) is 7.34. The number of hydrogen-bond acceptors (Lipinski definition) is 3. The predicted octanol–water partition coefficient (Wildman–Crippen LogP) is 4.37. The molecule has 2 heterocycles. The van der Waals surface area contributed by atoms with Gasteiger partial charge in [0.2, 0.25) is 5.91 Å². The molecule has 152 valence electrons. The molecule has 2 aromatic heterocycles. The molecule has 0 unspecified atom stereocenters. The number of carbonyl (C=O) groups is 1. The minimum Gasteiger partial charge on any atom is -0.322 e. The van der Waals surface area contributed by atoms with Crippen LogP contribution in [-0.4, -0.2) is 25.5 Å². The number of amides is 1. The zero-order chi connectivity index (χ0) is 20.5. The largest absolute Gasteiger partial charge is 0.322 e. The van der Waals surface area contributed by atoms with Gasteiger partial charge in [0.05, 0.1) is 24.1 Å². The average molecular weight is 424 g/mol. The Bertz CT molecular complexity index is 1040. The van der Waals surface area contributed by atoms with Crippen molar-refractivity contribution in [3.63, 3.8) is 0 Å². The van der Waals surface area contributed by atoms with Gasteiger partial charge >= 0.3 is 0 Å². The molecule has 1 aliphatic rings. The predicted molar refractivity (Wildman–Crippen MR) is 101 cm³/mol. The van der Waals surface area contributed by atoms with Gasteiger partial charge in [-0.1, -0.05) is 17.7 Å². The summed E-state index contributed by atoms with van der Waals surface area (Å²) < 4.78 is 42.2. The summed E-state index contributed by atoms with van der Waals surface area (Å²) in [5.41, 5.74) is 1.42. The Morgan fingerprint density at radius 3 is 2.79 bits per heavy atom. The highest BCUT2D eigenvalue weighted by Crippen LogP contribution is 2.40. The van der Waals surface area contributed by atoms with E-state index < -0.39 is 18.1 Å². The molecule has 1 aliphatic carbocycles. The van der Waals surface area contributed by atoms with E-state index in [0.717, 1.165) is 17.5 Å². The Kier molecular flexibility index (Phi) is 5.31. The van der Waals surface area contributed by atoms with Crippen molar-refractivity contribution in [1.29, 1.82) is 0 Å². The van der Waals surface area contributed by atoms with Crippen molar-refractivity contribution in [2.24, 2.45) is 0 Å². The number of halogens is 4. The Morgan fingerprint density at radius 2 is 2.10 bits per heavy atom. The highest BCUT2D eigenvalue weighted by atomic mass is 35.5. The lowest BCUT2D eigenvalue weighted by Crippen LogP contribution is -2.21. The number of carbonyl (C=O) groups excluding carboxylic acids is 1. The summed E-state index contributed by atoms with van der Waals surface area (Å²) in [6.07, 6.45) is 2.17. The van der Waals surface area contributed by atoms with Crippen LogP contribution in [0.15, 0.2) is 36.7 Å². The topological polar surface area (TPSA) is 64.7 Å². The zero-order valence-corrected chi connectivity index (χ0v) is 15.9. The summed E-state index contributed by atoms with van der Waals surface area (Å²) >= 11 is 6.01. The molecule has 0 saturated heterocycles. The van der Waals surface area contributed by atoms with Gasteiger partial charge in [0.25, 0.3) is 6.43 Å². The third-order valence-electron chi connectivity index (χ3n) is 4.61. The van der Waals surface area contributed by atoms with Gasteiger partial charge in [0.1, 0.15) is 18.1 Å². The second kappa shape index (κ2) is 7.90. The summed E-state index contributed by atoms with van der Waals surface area (Å²) in [7, 11) is 0. The molecule has 1 fully saturated rings. The Hall–Kier alpha value is -2.81. The molecule has 1 N–H and O–H groups in total. The molecule has 0 bridgehead atoms. The van der Waals surface area contributed by atoms with Gasteiger partial charge < -0.3 is 5.32 Å². The lowest BCUT2D eigenvalue weighted by Gasteiger charge is -2.07. The van der Waals surface area contributed by atoms with Gasteiger partial charge in [-0.15, -0.1) is 0 Å². The molecule has 0 spiro atoms. The van der Waals surface area contributed by atoms with E-state index in [2.05, 4.69) is 15.5 Å². The standard InChI is InChI=1S/C19H17ClF3N5O/c20-15-5-13(21)4-3-12(15)8-27-9-14(7-24-27)25-18(29)10-28-17(19(22)23)6-16(26-28)11-1-2-11/h3-7,9,11,19H,1-2,8,10H2,(H,25,29). The minimum absolute atomic E-state index is 0.216. The molecule has 1 amide bonds. The van der Waals surface area contributed by atoms with Crippen LogP contribution in [0.4, 0.5) is 18.9 Å². The van der Waals surface area contributed by atoms with Gasteiger partial charge in [-0.3, -0.25) is 14.2 Å². The molecular formula is C19H17ClF3N5O. The highest BCUT2D eigenvalue weighted by molar-refractivity contribution is 6.31. The first kappa shape index (κ1) is 19.5. The molecular weight excluding hydrogens is 407 g/mol. The maximum Gasteiger partial charge on any atom is 0.280 e. The van der Waals surface area contributed by atoms with Gasteiger partial charge in [-0.25, -0.2) is 13.2 Å². The fraction of sp³-hybridized carbons (Fsp3) is 0.316. The maximum atomic E-state index is 13.2. The van der Waals surface area contributed by atoms with Crippen molar-refractivity contribution in [1.82, 2.24) is 19.6 Å². The molecule has 3 aromatic rings. The summed E-state index contributed by atoms with van der Waals surface area (Å²) in [5, 5.41) is 11.2. The van der Waals surface area contributed by atoms with Gasteiger partial charge in [0.15, 0.2) is 0 Å². The smallest absolute Gasteiger partial charge is 0.280 e. The van der Waals surface area contributed by atoms with E-state index in [1.165, 1.54) is 29.1 Å². The number of anilines is 1. The Morgan fingerprint density at radius 1 is 1.31 bits per heavy atom. The van der Waals surface area contributed by atoms with Crippen LogP contribution in [0, 0.1) is 5.82 Å². The number of rotatable bonds is 7. The quantitative estimate of drug-likeness (QED) is 0.613. The van der Waals surface area contributed by atoms with Gasteiger partial charge in [-0.2, -0.15) is 10.2 Å². The lowest BCUT2D eigenvalue weighted by atomic mass is 10.2. The highest BCUT2D eigenvalue weighted by Gasteiger charge is 2.29. The third kappa shape index (κ3) is 4.61. The molecule has 1 aromatic carbocycles. The van der Waals surface area contributed by atoms with Crippen LogP contribution < -0.4 is 5.32 Å². The number of nitrogens with one attached hydrogen (secondary N) is 1. The van der Waals surface area contributed by atoms with Crippen LogP contribution in [0.1, 0.15) is 42.1 Å². The van der Waals surface area contributed by atoms with E-state index in [1.807, 2.05) is 0 Å². The summed E-state index contributed by atoms with van der Waals surface area (Å²) in [5.74, 6) is -0.705. The molecule has 4 rings (SSSR count). The second-order valence-electron chi connectivity index (χ2n) is 6.94. The first-order valence-electron chi connectivity index (χ1n) is 9.01. The number of aromatic nitrogens is 4. The van der Waals surface area contributed by atoms with Crippen LogP contribution in [0.5, 0.6) is 0 Å². The van der Waals surface area contributed by atoms with Crippen molar-refractivity contribution in [3.05, 3.63) is 64.5 Å². The fourth-order valence-electron chi connectivity index (χ4n) is 3.01. The lowest BCUT2D eigenvalue weighted by molar-refractivity contribution is -0.117. The van der Waals surface area contributed by atoms with Crippen LogP contribution in [0.2, 0.25) is 5.02 Å². The summed E-state index contributed by atoms with van der Waals surface area (Å²) in [6, 6.07) is 5.44. The summed E-state index contributed by atoms with van der Waals surface area (Å²) in [6.45, 7) is -0.0320. The molecule has 29 heavy (non-hydrogen) atoms. The van der Waals surface area contributed by atoms with Gasteiger partial charge in [-0.05, 0) is 36.6 Å². The molecule has 6 nitrogen and oxygen atoms in total. The number of benzene rings is 1. The molecule has 10 heteroatoms. The van der Waals surface area contributed by atoms with E-state index in [9.17, 15) is 18.0 Å². The molecule has 0 radical (unpaired) electrons. The van der Waals surface area contributed by atoms with Crippen molar-refractivity contribution < 1.29 is 18.0 Å². The average Bonchev–Trinajstić information content (AvgIpc) is 3.28. The first-order valence-corrected chi connectivity index (χ1v) is 9.39. The Balaban J connectivity index is 1.40. The van der Waals surface area contributed by atoms with Crippen molar-refractivity contribution >= 4 is 23.2 Å². The van der Waals surface area contributed by atoms with E-state index in [4.69, 9.17) is 11.6 Å². The number of alkyl halides is 2. The number of nitrogens with zero attached hydrogens (tertiary/aromatic N) is 4. The van der Waals surface area contributed by atoms with Crippen LogP contribution in [-0.2, 0) is 17.9 Å². The van der Waals surface area contributed by atoms with Crippen LogP contribution in [0.3, 0.4) is 0 Å². The molecule has 0 aliphatic heterocycles. The minimum atomic E-state index is -2.70. The van der Waals surface area contributed by atoms with E-state index in [-0.39, 0.29) is 29.7 Å². The fourth-order valence-corrected chi connectivity index (χ4v) is 3.24. The Labute approximate surface area is 169 Å². The van der Waals surface area contributed by atoms with Crippen molar-refractivity contribution in [2.75, 3.05) is 5.32 Å². The SMILES string of the molecule is O=C(Cn1nc(C2CC2)cc1C(F)F)Nc1cnn(Cc2ccc(F)cc2Cl)c1. The zero-order valence-electron chi connectivity index (χ0n) is 15.2. The van der Waals surface area contributed by atoms with Gasteiger partial charge in [0, 0.05) is 17.1 Å². The molecule has 0 atom stereocenters. The molecule has 1 saturated carbocycles. The van der Waals surface area contributed by atoms with E-state index >= 15 is 0 Å². The first-order chi connectivity index (χ1) is 13.9. The maximum absolute atomic E-state index is 13.2. The normalized spacial score (nSPS) is 13.8. The van der Waals surface area contributed by atoms with E-state index in [0.29, 0.717) is 16.9 Å². The van der Waals surface area contributed by atoms with Crippen LogP contribution >= 0.6 is 11.6 Å². The number of hydrogen-bond donors (Lipinski definition) is 1. The van der Waals surface area contributed by atoms with Crippen molar-refractivity contribution in [2.45, 2.75) is 38.3 Å². The van der Waals surface area contributed by atoms with Crippen molar-refractivity contribution in [3.8, 4) is 0 Å². The monoisotopic (exact) mass is 423 g/mol. The van der Waals surface area contributed by atoms with Crippen LogP contribution in [0.25, 0.3) is 0 Å². The third-order valence-corrected chi connectivity index (χ3v) is 4.96.